The second-order valence-electron chi connectivity index (χ2n) is 15.8. The summed E-state index contributed by atoms with van der Waals surface area (Å²) in [5, 5.41) is 6.30. The predicted molar refractivity (Wildman–Crippen MR) is 182 cm³/mol. The Hall–Kier alpha value is -4.41. The molecule has 284 valence electrons. The summed E-state index contributed by atoms with van der Waals surface area (Å²) in [6.45, 7) is 9.33. The van der Waals surface area contributed by atoms with E-state index in [2.05, 4.69) is 25.1 Å². The predicted octanol–water partition coefficient (Wildman–Crippen LogP) is 7.03. The van der Waals surface area contributed by atoms with E-state index in [-0.39, 0.29) is 78.7 Å². The Balaban J connectivity index is 1.28. The highest BCUT2D eigenvalue weighted by molar-refractivity contribution is 6.01. The topological polar surface area (TPSA) is 113 Å². The van der Waals surface area contributed by atoms with E-state index in [0.29, 0.717) is 25.8 Å². The highest BCUT2D eigenvalue weighted by Gasteiger charge is 2.50. The van der Waals surface area contributed by atoms with Gasteiger partial charge in [0.25, 0.3) is 0 Å². The Bertz CT molecular complexity index is 2120. The first-order valence-corrected chi connectivity index (χ1v) is 17.8. The molecule has 0 radical (unpaired) electrons. The second kappa shape index (κ2) is 12.3. The first-order valence-electron chi connectivity index (χ1n) is 17.8. The van der Waals surface area contributed by atoms with Crippen LogP contribution in [0.4, 0.5) is 37.0 Å². The monoisotopic (exact) mass is 746 g/mol. The number of amides is 1. The first-order chi connectivity index (χ1) is 24.9. The van der Waals surface area contributed by atoms with Crippen LogP contribution in [-0.4, -0.2) is 103 Å². The quantitative estimate of drug-likeness (QED) is 0.215. The van der Waals surface area contributed by atoms with E-state index < -0.39 is 69.1 Å². The van der Waals surface area contributed by atoms with Gasteiger partial charge in [0.15, 0.2) is 11.5 Å². The number of pyridine rings is 1. The van der Waals surface area contributed by atoms with Gasteiger partial charge in [-0.15, -0.1) is 0 Å². The van der Waals surface area contributed by atoms with E-state index >= 15 is 8.78 Å². The number of ether oxygens (including phenoxy) is 2. The molecule has 3 aromatic heterocycles. The molecule has 0 spiro atoms. The van der Waals surface area contributed by atoms with Crippen molar-refractivity contribution in [3.8, 4) is 17.1 Å². The summed E-state index contributed by atoms with van der Waals surface area (Å²) in [4.78, 5) is 31.8. The van der Waals surface area contributed by atoms with Crippen LogP contribution >= 0.6 is 0 Å². The van der Waals surface area contributed by atoms with Crippen molar-refractivity contribution >= 4 is 33.8 Å². The van der Waals surface area contributed by atoms with Crippen LogP contribution in [0.1, 0.15) is 69.8 Å². The van der Waals surface area contributed by atoms with E-state index in [1.807, 2.05) is 9.80 Å². The molecule has 4 fully saturated rings. The third-order valence-electron chi connectivity index (χ3n) is 11.1. The normalized spacial score (nSPS) is 24.8. The van der Waals surface area contributed by atoms with Crippen LogP contribution < -0.4 is 9.64 Å². The van der Waals surface area contributed by atoms with Crippen LogP contribution in [0.25, 0.3) is 33.1 Å². The molecule has 53 heavy (non-hydrogen) atoms. The van der Waals surface area contributed by atoms with Crippen molar-refractivity contribution < 1.29 is 40.6 Å². The number of H-pyrrole nitrogens is 1. The van der Waals surface area contributed by atoms with Gasteiger partial charge in [-0.2, -0.15) is 28.2 Å². The molecule has 4 aliphatic heterocycles. The Kier molecular flexibility index (Phi) is 8.27. The third kappa shape index (κ3) is 5.98. The number of nitrogens with one attached hydrogen (secondary N) is 1. The number of aryl methyl sites for hydroxylation is 2. The Morgan fingerprint density at radius 3 is 2.42 bits per heavy atom. The molecule has 1 amide bonds. The van der Waals surface area contributed by atoms with Crippen LogP contribution in [0.3, 0.4) is 0 Å². The summed E-state index contributed by atoms with van der Waals surface area (Å²) in [7, 11) is 0. The summed E-state index contributed by atoms with van der Waals surface area (Å²) in [5.41, 5.74) is -5.23. The van der Waals surface area contributed by atoms with E-state index in [0.717, 1.165) is 19.4 Å². The zero-order valence-corrected chi connectivity index (χ0v) is 30.0. The molecule has 8 rings (SSSR count). The number of benzene rings is 1. The van der Waals surface area contributed by atoms with Crippen molar-refractivity contribution in [3.05, 3.63) is 34.7 Å². The largest absolute Gasteiger partial charge is 0.461 e. The average molecular weight is 747 g/mol. The van der Waals surface area contributed by atoms with Gasteiger partial charge in [-0.3, -0.25) is 14.9 Å². The summed E-state index contributed by atoms with van der Waals surface area (Å²) in [5.74, 6) is -2.49. The molecule has 4 atom stereocenters. The third-order valence-corrected chi connectivity index (χ3v) is 11.1. The van der Waals surface area contributed by atoms with Crippen molar-refractivity contribution in [2.24, 2.45) is 0 Å². The number of hydrogen-bond donors (Lipinski definition) is 1. The maximum Gasteiger partial charge on any atom is 0.418 e. The molecule has 1 N–H and O–H groups in total. The molecule has 4 aromatic rings. The fourth-order valence-electron chi connectivity index (χ4n) is 8.96. The lowest BCUT2D eigenvalue weighted by molar-refractivity contribution is -0.137. The van der Waals surface area contributed by atoms with Crippen molar-refractivity contribution in [2.45, 2.75) is 102 Å². The number of carbonyl (C=O) groups excluding carboxylic acids is 1. The average Bonchev–Trinajstić information content (AvgIpc) is 3.77. The van der Waals surface area contributed by atoms with Gasteiger partial charge in [-0.05, 0) is 72.9 Å². The summed E-state index contributed by atoms with van der Waals surface area (Å²) >= 11 is 0. The van der Waals surface area contributed by atoms with Crippen molar-refractivity contribution in [2.75, 3.05) is 37.7 Å². The number of hydrogen-bond acceptors (Lipinski definition) is 9. The number of nitrogens with zero attached hydrogens (tertiary/aromatic N) is 7. The molecule has 17 heteroatoms. The van der Waals surface area contributed by atoms with Crippen LogP contribution in [0, 0.1) is 25.5 Å². The molecule has 2 bridgehead atoms. The molecular formula is C36H40F6N8O3. The Morgan fingerprint density at radius 2 is 1.74 bits per heavy atom. The van der Waals surface area contributed by atoms with Gasteiger partial charge >= 0.3 is 18.3 Å². The number of carbonyl (C=O) groups is 1. The van der Waals surface area contributed by atoms with Gasteiger partial charge in [-0.1, -0.05) is 0 Å². The zero-order chi connectivity index (χ0) is 37.8. The molecule has 7 heterocycles. The number of halogens is 6. The van der Waals surface area contributed by atoms with E-state index in [1.54, 1.807) is 25.7 Å². The number of piperazine rings is 1. The molecule has 1 aromatic carbocycles. The molecule has 11 nitrogen and oxygen atoms in total. The van der Waals surface area contributed by atoms with Crippen LogP contribution in [0.5, 0.6) is 6.01 Å². The van der Waals surface area contributed by atoms with Gasteiger partial charge < -0.3 is 14.4 Å². The number of anilines is 1. The lowest BCUT2D eigenvalue weighted by atomic mass is 9.93. The number of aromatic amines is 1. The zero-order valence-electron chi connectivity index (χ0n) is 30.0. The van der Waals surface area contributed by atoms with E-state index in [1.165, 1.54) is 6.92 Å². The Morgan fingerprint density at radius 1 is 1.02 bits per heavy atom. The maximum atomic E-state index is 17.2. The van der Waals surface area contributed by atoms with Crippen LogP contribution in [0.2, 0.25) is 0 Å². The number of aromatic nitrogens is 5. The standard InChI is InChI=1S/C36H40F6N8O3/c1-17-24-26(27(36(40,41)42)18(2)43-30(24)47-46-17)25-23(38)11-22-29(28(25)39)44-32(52-16-35-9-6-10-49(35)13-19(37)12-35)45-31(22)48-14-20-7-8-21(15-48)50(20)33(51)53-34(3,4)5/h11,19-21H,6-10,12-16H2,1-5H3,(H,43,46,47)/t19-,20-,21+,35+/m1/s1. The molecule has 0 unspecified atom stereocenters. The van der Waals surface area contributed by atoms with Gasteiger partial charge in [0.05, 0.1) is 45.5 Å². The molecule has 4 saturated heterocycles. The van der Waals surface area contributed by atoms with Gasteiger partial charge in [0, 0.05) is 37.0 Å². The molecule has 4 aliphatic rings. The van der Waals surface area contributed by atoms with Gasteiger partial charge in [0.2, 0.25) is 0 Å². The fraction of sp³-hybridized carbons (Fsp3) is 0.583. The summed E-state index contributed by atoms with van der Waals surface area (Å²) in [6.07, 6.45) is -3.45. The SMILES string of the molecule is Cc1nc2[nH]nc(C)c2c(-c2c(F)cc3c(N4C[C@H]5CC[C@@H](C4)N5C(=O)OC(C)(C)C)nc(OC[C@@]45CCCN4C[C@H](F)C5)nc3c2F)c1C(F)(F)F. The summed E-state index contributed by atoms with van der Waals surface area (Å²) < 4.78 is 104. The minimum absolute atomic E-state index is 0.00230. The van der Waals surface area contributed by atoms with E-state index in [9.17, 15) is 22.4 Å². The van der Waals surface area contributed by atoms with Crippen molar-refractivity contribution in [1.29, 1.82) is 0 Å². The maximum absolute atomic E-state index is 17.2. The van der Waals surface area contributed by atoms with Gasteiger partial charge in [-0.25, -0.2) is 22.9 Å². The number of rotatable bonds is 5. The molecule has 0 aliphatic carbocycles. The van der Waals surface area contributed by atoms with Crippen molar-refractivity contribution in [1.82, 2.24) is 34.9 Å². The van der Waals surface area contributed by atoms with Crippen LogP contribution in [-0.2, 0) is 10.9 Å². The van der Waals surface area contributed by atoms with Gasteiger partial charge in [0.1, 0.15) is 35.5 Å². The summed E-state index contributed by atoms with van der Waals surface area (Å²) in [6, 6.07) is 0.0727. The fourth-order valence-corrected chi connectivity index (χ4v) is 8.96. The Labute approximate surface area is 301 Å². The minimum Gasteiger partial charge on any atom is -0.461 e. The lowest BCUT2D eigenvalue weighted by Gasteiger charge is -2.42. The minimum atomic E-state index is -5.03. The van der Waals surface area contributed by atoms with Crippen molar-refractivity contribution in [3.63, 3.8) is 0 Å². The smallest absolute Gasteiger partial charge is 0.418 e. The first kappa shape index (κ1) is 35.6. The number of fused-ring (bicyclic) bond motifs is 5. The van der Waals surface area contributed by atoms with E-state index in [4.69, 9.17) is 9.47 Å². The molecular weight excluding hydrogens is 706 g/mol. The molecule has 0 saturated carbocycles. The highest BCUT2D eigenvalue weighted by Crippen LogP contribution is 2.47. The highest BCUT2D eigenvalue weighted by atomic mass is 19.4. The van der Waals surface area contributed by atoms with Crippen LogP contribution in [0.15, 0.2) is 6.07 Å². The lowest BCUT2D eigenvalue weighted by Crippen LogP contribution is -2.57. The number of alkyl halides is 4. The second-order valence-corrected chi connectivity index (χ2v) is 15.8.